The summed E-state index contributed by atoms with van der Waals surface area (Å²) < 4.78 is 11.3. The van der Waals surface area contributed by atoms with Crippen molar-refractivity contribution in [1.29, 1.82) is 0 Å². The Bertz CT molecular complexity index is 851. The maximum Gasteiger partial charge on any atom is 0.409 e. The van der Waals surface area contributed by atoms with Crippen molar-refractivity contribution in [1.82, 2.24) is 4.90 Å². The highest BCUT2D eigenvalue weighted by atomic mass is 16.6. The molecule has 0 bridgehead atoms. The van der Waals surface area contributed by atoms with Gasteiger partial charge in [-0.05, 0) is 29.2 Å². The molecular weight excluding hydrogens is 358 g/mol. The fraction of sp³-hybridized carbons (Fsp3) is 0.364. The van der Waals surface area contributed by atoms with E-state index in [0.717, 1.165) is 11.1 Å². The summed E-state index contributed by atoms with van der Waals surface area (Å²) in [4.78, 5) is 25.2. The molecule has 146 valence electrons. The largest absolute Gasteiger partial charge is 0.481 e. The third kappa shape index (κ3) is 3.60. The molecule has 0 radical (unpaired) electrons. The predicted octanol–water partition coefficient (Wildman–Crippen LogP) is 3.50. The maximum absolute atomic E-state index is 12.7. The van der Waals surface area contributed by atoms with Gasteiger partial charge in [0.25, 0.3) is 0 Å². The third-order valence-electron chi connectivity index (χ3n) is 5.32. The molecule has 6 nitrogen and oxygen atoms in total. The molecule has 1 N–H and O–H groups in total. The molecule has 1 saturated heterocycles. The average Bonchev–Trinajstić information content (AvgIpc) is 2.99. The van der Waals surface area contributed by atoms with Crippen LogP contribution in [0.3, 0.4) is 0 Å². The van der Waals surface area contributed by atoms with Gasteiger partial charge < -0.3 is 19.5 Å². The van der Waals surface area contributed by atoms with Crippen LogP contribution in [-0.4, -0.2) is 54.0 Å². The minimum atomic E-state index is -0.938. The lowest BCUT2D eigenvalue weighted by molar-refractivity contribution is -0.144. The van der Waals surface area contributed by atoms with Crippen molar-refractivity contribution in [2.45, 2.75) is 31.5 Å². The monoisotopic (exact) mass is 381 g/mol. The van der Waals surface area contributed by atoms with Gasteiger partial charge in [0, 0.05) is 5.92 Å². The highest BCUT2D eigenvalue weighted by Crippen LogP contribution is 2.44. The minimum Gasteiger partial charge on any atom is -0.481 e. The Balaban J connectivity index is 1.46. The van der Waals surface area contributed by atoms with Gasteiger partial charge >= 0.3 is 12.1 Å². The van der Waals surface area contributed by atoms with Gasteiger partial charge in [-0.15, -0.1) is 0 Å². The zero-order chi connectivity index (χ0) is 19.7. The number of hydrogen-bond acceptors (Lipinski definition) is 4. The fourth-order valence-electron chi connectivity index (χ4n) is 4.19. The number of carbonyl (C=O) groups is 2. The van der Waals surface area contributed by atoms with Gasteiger partial charge in [-0.3, -0.25) is 4.79 Å². The molecule has 0 spiro atoms. The standard InChI is InChI=1S/C22H23NO5/c1-14-11-23(12-15(28-14)10-21(24)25)22(26)27-13-20-18-8-4-2-6-16(18)17-7-3-5-9-19(17)20/h2-9,14-15,20H,10-13H2,1H3,(H,24,25). The molecule has 1 aliphatic carbocycles. The van der Waals surface area contributed by atoms with Crippen LogP contribution in [0.15, 0.2) is 48.5 Å². The van der Waals surface area contributed by atoms with E-state index in [4.69, 9.17) is 14.6 Å². The first-order chi connectivity index (χ1) is 13.5. The number of carboxylic acid groups (broad SMARTS) is 1. The van der Waals surface area contributed by atoms with Gasteiger partial charge in [0.05, 0.1) is 31.7 Å². The Hall–Kier alpha value is -2.86. The van der Waals surface area contributed by atoms with Gasteiger partial charge in [0.1, 0.15) is 6.61 Å². The van der Waals surface area contributed by atoms with Crippen molar-refractivity contribution < 1.29 is 24.2 Å². The topological polar surface area (TPSA) is 76.1 Å². The molecule has 2 aliphatic rings. The first-order valence-electron chi connectivity index (χ1n) is 9.50. The van der Waals surface area contributed by atoms with E-state index >= 15 is 0 Å². The summed E-state index contributed by atoms with van der Waals surface area (Å²) in [5.41, 5.74) is 4.69. The van der Waals surface area contributed by atoms with E-state index in [9.17, 15) is 9.59 Å². The molecule has 28 heavy (non-hydrogen) atoms. The summed E-state index contributed by atoms with van der Waals surface area (Å²) >= 11 is 0. The Kier molecular flexibility index (Phi) is 5.05. The molecule has 0 saturated carbocycles. The quantitative estimate of drug-likeness (QED) is 0.877. The fourth-order valence-corrected chi connectivity index (χ4v) is 4.19. The van der Waals surface area contributed by atoms with Crippen molar-refractivity contribution in [3.63, 3.8) is 0 Å². The van der Waals surface area contributed by atoms with Crippen molar-refractivity contribution in [2.24, 2.45) is 0 Å². The maximum atomic E-state index is 12.7. The lowest BCUT2D eigenvalue weighted by Crippen LogP contribution is -2.50. The number of nitrogens with zero attached hydrogens (tertiary/aromatic N) is 1. The van der Waals surface area contributed by atoms with Crippen molar-refractivity contribution in [2.75, 3.05) is 19.7 Å². The van der Waals surface area contributed by atoms with E-state index in [1.807, 2.05) is 31.2 Å². The number of fused-ring (bicyclic) bond motifs is 3. The van der Waals surface area contributed by atoms with Crippen LogP contribution in [-0.2, 0) is 14.3 Å². The normalized spacial score (nSPS) is 21.1. The summed E-state index contributed by atoms with van der Waals surface area (Å²) in [5.74, 6) is -0.934. The van der Waals surface area contributed by atoms with Gasteiger partial charge in [0.15, 0.2) is 0 Å². The number of aliphatic carboxylic acids is 1. The summed E-state index contributed by atoms with van der Waals surface area (Å²) in [5, 5.41) is 9.00. The number of carboxylic acids is 1. The van der Waals surface area contributed by atoms with Crippen LogP contribution in [0.1, 0.15) is 30.4 Å². The lowest BCUT2D eigenvalue weighted by Gasteiger charge is -2.35. The van der Waals surface area contributed by atoms with Gasteiger partial charge in [-0.2, -0.15) is 0 Å². The van der Waals surface area contributed by atoms with E-state index in [1.165, 1.54) is 11.1 Å². The van der Waals surface area contributed by atoms with Crippen LogP contribution in [0.5, 0.6) is 0 Å². The van der Waals surface area contributed by atoms with E-state index < -0.39 is 18.2 Å². The molecule has 2 aromatic rings. The smallest absolute Gasteiger partial charge is 0.409 e. The second-order valence-electron chi connectivity index (χ2n) is 7.38. The zero-order valence-corrected chi connectivity index (χ0v) is 15.7. The Morgan fingerprint density at radius 2 is 1.68 bits per heavy atom. The minimum absolute atomic E-state index is 0.00429. The number of rotatable bonds is 4. The van der Waals surface area contributed by atoms with E-state index in [0.29, 0.717) is 6.54 Å². The van der Waals surface area contributed by atoms with E-state index in [-0.39, 0.29) is 31.6 Å². The van der Waals surface area contributed by atoms with Crippen molar-refractivity contribution in [3.05, 3.63) is 59.7 Å². The number of carbonyl (C=O) groups excluding carboxylic acids is 1. The molecule has 2 aromatic carbocycles. The summed E-state index contributed by atoms with van der Waals surface area (Å²) in [6.07, 6.45) is -1.29. The Labute approximate surface area is 163 Å². The number of hydrogen-bond donors (Lipinski definition) is 1. The van der Waals surface area contributed by atoms with Crippen LogP contribution >= 0.6 is 0 Å². The Morgan fingerprint density at radius 3 is 2.29 bits per heavy atom. The van der Waals surface area contributed by atoms with E-state index in [1.54, 1.807) is 4.90 Å². The SMILES string of the molecule is CC1CN(C(=O)OCC2c3ccccc3-c3ccccc32)CC(CC(=O)O)O1. The summed E-state index contributed by atoms with van der Waals surface area (Å²) in [7, 11) is 0. The molecule has 1 fully saturated rings. The van der Waals surface area contributed by atoms with Crippen molar-refractivity contribution >= 4 is 12.1 Å². The summed E-state index contributed by atoms with van der Waals surface area (Å²) in [6.45, 7) is 2.71. The molecule has 2 unspecified atom stereocenters. The average molecular weight is 381 g/mol. The van der Waals surface area contributed by atoms with Gasteiger partial charge in [0.2, 0.25) is 0 Å². The highest BCUT2D eigenvalue weighted by molar-refractivity contribution is 5.79. The molecule has 4 rings (SSSR count). The molecule has 1 amide bonds. The molecule has 1 heterocycles. The van der Waals surface area contributed by atoms with Gasteiger partial charge in [-0.1, -0.05) is 48.5 Å². The summed E-state index contributed by atoms with van der Waals surface area (Å²) in [6, 6.07) is 16.4. The highest BCUT2D eigenvalue weighted by Gasteiger charge is 2.33. The molecular formula is C22H23NO5. The Morgan fingerprint density at radius 1 is 1.07 bits per heavy atom. The van der Waals surface area contributed by atoms with E-state index in [2.05, 4.69) is 24.3 Å². The third-order valence-corrected chi connectivity index (χ3v) is 5.32. The molecule has 1 aliphatic heterocycles. The molecule has 6 heteroatoms. The van der Waals surface area contributed by atoms with Crippen LogP contribution in [0.2, 0.25) is 0 Å². The van der Waals surface area contributed by atoms with Crippen LogP contribution in [0.4, 0.5) is 4.79 Å². The number of ether oxygens (including phenoxy) is 2. The first-order valence-corrected chi connectivity index (χ1v) is 9.50. The zero-order valence-electron chi connectivity index (χ0n) is 15.7. The second-order valence-corrected chi connectivity index (χ2v) is 7.38. The number of benzene rings is 2. The second kappa shape index (κ2) is 7.64. The molecule has 0 aromatic heterocycles. The first kappa shape index (κ1) is 18.5. The van der Waals surface area contributed by atoms with Crippen molar-refractivity contribution in [3.8, 4) is 11.1 Å². The van der Waals surface area contributed by atoms with Crippen LogP contribution in [0.25, 0.3) is 11.1 Å². The van der Waals surface area contributed by atoms with Crippen LogP contribution < -0.4 is 0 Å². The van der Waals surface area contributed by atoms with Crippen LogP contribution in [0, 0.1) is 0 Å². The van der Waals surface area contributed by atoms with Gasteiger partial charge in [-0.25, -0.2) is 4.79 Å². The number of amides is 1. The predicted molar refractivity (Wildman–Crippen MR) is 103 cm³/mol. The molecule has 2 atom stereocenters. The lowest BCUT2D eigenvalue weighted by atomic mass is 9.98. The number of morpholine rings is 1.